The van der Waals surface area contributed by atoms with Crippen molar-refractivity contribution in [2.75, 3.05) is 6.61 Å². The minimum absolute atomic E-state index is 0.302. The van der Waals surface area contributed by atoms with E-state index in [0.717, 1.165) is 5.03 Å². The zero-order chi connectivity index (χ0) is 11.1. The molecule has 0 bridgehead atoms. The van der Waals surface area contributed by atoms with E-state index in [4.69, 9.17) is 4.74 Å². The molecule has 0 aliphatic rings. The van der Waals surface area contributed by atoms with Gasteiger partial charge < -0.3 is 4.74 Å². The van der Waals surface area contributed by atoms with Crippen molar-refractivity contribution in [3.63, 3.8) is 0 Å². The Labute approximate surface area is 93.8 Å². The van der Waals surface area contributed by atoms with E-state index < -0.39 is 0 Å². The molecule has 0 N–H and O–H groups in total. The first-order chi connectivity index (χ1) is 7.24. The number of aryl methyl sites for hydroxylation is 1. The van der Waals surface area contributed by atoms with Crippen molar-refractivity contribution in [1.82, 2.24) is 0 Å². The van der Waals surface area contributed by atoms with Crippen LogP contribution in [0.15, 0.2) is 40.9 Å². The van der Waals surface area contributed by atoms with Gasteiger partial charge >= 0.3 is 5.97 Å². The Kier molecular flexibility index (Phi) is 4.90. The predicted octanol–water partition coefficient (Wildman–Crippen LogP) is 1.68. The van der Waals surface area contributed by atoms with E-state index in [1.54, 1.807) is 12.3 Å². The molecule has 15 heavy (non-hydrogen) atoms. The molecule has 0 unspecified atom stereocenters. The second kappa shape index (κ2) is 6.24. The number of aromatic nitrogens is 1. The molecule has 0 aromatic carbocycles. The van der Waals surface area contributed by atoms with Crippen molar-refractivity contribution in [2.45, 2.75) is 11.9 Å². The number of hydrogen-bond donors (Lipinski definition) is 0. The van der Waals surface area contributed by atoms with Crippen LogP contribution in [0.3, 0.4) is 0 Å². The summed E-state index contributed by atoms with van der Waals surface area (Å²) < 4.78 is 6.75. The average Bonchev–Trinajstić information content (AvgIpc) is 2.21. The van der Waals surface area contributed by atoms with Crippen LogP contribution < -0.4 is 4.57 Å². The molecule has 0 fully saturated rings. The predicted molar refractivity (Wildman–Crippen MR) is 59.2 cm³/mol. The molecule has 0 spiro atoms. The van der Waals surface area contributed by atoms with Crippen molar-refractivity contribution in [3.05, 3.63) is 35.9 Å². The van der Waals surface area contributed by atoms with Gasteiger partial charge in [-0.15, -0.1) is 0 Å². The molecule has 1 aromatic heterocycles. The highest BCUT2D eigenvalue weighted by molar-refractivity contribution is 8.02. The van der Waals surface area contributed by atoms with E-state index in [1.807, 2.05) is 36.0 Å². The molecule has 1 heterocycles. The van der Waals surface area contributed by atoms with Crippen LogP contribution in [-0.2, 0) is 16.6 Å². The number of ether oxygens (including phenoxy) is 1. The highest BCUT2D eigenvalue weighted by Gasteiger charge is 2.02. The van der Waals surface area contributed by atoms with Crippen molar-refractivity contribution in [3.8, 4) is 0 Å². The highest BCUT2D eigenvalue weighted by Crippen LogP contribution is 2.13. The summed E-state index contributed by atoms with van der Waals surface area (Å²) in [6, 6.07) is 5.90. The van der Waals surface area contributed by atoms with Gasteiger partial charge in [0.25, 0.3) is 0 Å². The van der Waals surface area contributed by atoms with E-state index >= 15 is 0 Å². The molecular weight excluding hydrogens is 210 g/mol. The van der Waals surface area contributed by atoms with Crippen molar-refractivity contribution < 1.29 is 14.1 Å². The third kappa shape index (κ3) is 4.16. The maximum Gasteiger partial charge on any atom is 0.331 e. The van der Waals surface area contributed by atoms with Crippen LogP contribution in [-0.4, -0.2) is 12.6 Å². The van der Waals surface area contributed by atoms with Gasteiger partial charge in [0.15, 0.2) is 6.20 Å². The molecule has 1 rings (SSSR count). The minimum atomic E-state index is -0.302. The number of carbonyl (C=O) groups is 1. The lowest BCUT2D eigenvalue weighted by molar-refractivity contribution is -0.708. The van der Waals surface area contributed by atoms with Crippen LogP contribution in [0.1, 0.15) is 6.92 Å². The summed E-state index contributed by atoms with van der Waals surface area (Å²) in [6.07, 6.45) is 3.39. The van der Waals surface area contributed by atoms with Crippen molar-refractivity contribution >= 4 is 17.7 Å². The summed E-state index contributed by atoms with van der Waals surface area (Å²) in [5, 5.41) is 2.80. The fourth-order valence-corrected chi connectivity index (χ4v) is 1.68. The quantitative estimate of drug-likeness (QED) is 0.337. The molecule has 0 amide bonds. The fourth-order valence-electron chi connectivity index (χ4n) is 0.980. The Morgan fingerprint density at radius 1 is 1.60 bits per heavy atom. The molecule has 0 aliphatic heterocycles. The van der Waals surface area contributed by atoms with E-state index in [2.05, 4.69) is 0 Å². The van der Waals surface area contributed by atoms with Gasteiger partial charge in [0.1, 0.15) is 7.05 Å². The summed E-state index contributed by atoms with van der Waals surface area (Å²) in [5.74, 6) is -0.302. The van der Waals surface area contributed by atoms with Gasteiger partial charge in [-0.1, -0.05) is 0 Å². The van der Waals surface area contributed by atoms with Crippen molar-refractivity contribution in [2.24, 2.45) is 7.05 Å². The SMILES string of the molecule is CCOC(=O)/C=C/Sc1cccc[n+]1C. The van der Waals surface area contributed by atoms with Crippen molar-refractivity contribution in [1.29, 1.82) is 0 Å². The molecule has 80 valence electrons. The maximum absolute atomic E-state index is 11.0. The smallest absolute Gasteiger partial charge is 0.331 e. The molecular formula is C11H14NO2S+. The largest absolute Gasteiger partial charge is 0.463 e. The molecule has 0 saturated carbocycles. The van der Waals surface area contributed by atoms with E-state index in [1.165, 1.54) is 17.8 Å². The second-order valence-electron chi connectivity index (χ2n) is 2.82. The van der Waals surface area contributed by atoms with Gasteiger partial charge in [0.05, 0.1) is 6.61 Å². The standard InChI is InChI=1S/C11H14NO2S/c1-3-14-11(13)7-9-15-10-6-4-5-8-12(10)2/h4-9H,3H2,1-2H3/q+1/b9-7+. The fraction of sp³-hybridized carbons (Fsp3) is 0.273. The number of rotatable bonds is 4. The van der Waals surface area contributed by atoms with Gasteiger partial charge in [-0.3, -0.25) is 0 Å². The van der Waals surface area contributed by atoms with Gasteiger partial charge in [-0.05, 0) is 30.2 Å². The molecule has 0 atom stereocenters. The van der Waals surface area contributed by atoms with E-state index in [0.29, 0.717) is 6.61 Å². The first kappa shape index (κ1) is 11.8. The van der Waals surface area contributed by atoms with E-state index in [-0.39, 0.29) is 5.97 Å². The lowest BCUT2D eigenvalue weighted by Crippen LogP contribution is -2.29. The Morgan fingerprint density at radius 2 is 2.40 bits per heavy atom. The highest BCUT2D eigenvalue weighted by atomic mass is 32.2. The topological polar surface area (TPSA) is 30.2 Å². The summed E-state index contributed by atoms with van der Waals surface area (Å²) >= 11 is 1.48. The third-order valence-electron chi connectivity index (χ3n) is 1.69. The van der Waals surface area contributed by atoms with Gasteiger partial charge in [0.2, 0.25) is 5.03 Å². The number of thioether (sulfide) groups is 1. The Hall–Kier alpha value is -1.29. The zero-order valence-corrected chi connectivity index (χ0v) is 9.66. The molecule has 1 aromatic rings. The first-order valence-electron chi connectivity index (χ1n) is 4.68. The first-order valence-corrected chi connectivity index (χ1v) is 5.56. The lowest BCUT2D eigenvalue weighted by Gasteiger charge is -1.95. The van der Waals surface area contributed by atoms with E-state index in [9.17, 15) is 4.79 Å². The number of pyridine rings is 1. The minimum Gasteiger partial charge on any atom is -0.463 e. The van der Waals surface area contributed by atoms with Crippen LogP contribution in [0.25, 0.3) is 0 Å². The van der Waals surface area contributed by atoms with Gasteiger partial charge in [-0.25, -0.2) is 4.79 Å². The lowest BCUT2D eigenvalue weighted by atomic mass is 10.5. The van der Waals surface area contributed by atoms with Crippen LogP contribution in [0.5, 0.6) is 0 Å². The maximum atomic E-state index is 11.0. The molecule has 4 heteroatoms. The Balaban J connectivity index is 2.50. The normalized spacial score (nSPS) is 10.5. The number of nitrogens with zero attached hydrogens (tertiary/aromatic N) is 1. The van der Waals surface area contributed by atoms with Gasteiger partial charge in [-0.2, -0.15) is 4.57 Å². The summed E-state index contributed by atoms with van der Waals surface area (Å²) in [6.45, 7) is 2.20. The zero-order valence-electron chi connectivity index (χ0n) is 8.84. The summed E-state index contributed by atoms with van der Waals surface area (Å²) in [4.78, 5) is 11.0. The average molecular weight is 224 g/mol. The summed E-state index contributed by atoms with van der Waals surface area (Å²) in [5.41, 5.74) is 0. The second-order valence-corrected chi connectivity index (χ2v) is 3.75. The molecule has 0 radical (unpaired) electrons. The Bertz CT molecular complexity index is 363. The number of esters is 1. The third-order valence-corrected chi connectivity index (χ3v) is 2.62. The van der Waals surface area contributed by atoms with Crippen LogP contribution in [0, 0.1) is 0 Å². The van der Waals surface area contributed by atoms with Gasteiger partial charge in [0, 0.05) is 18.2 Å². The Morgan fingerprint density at radius 3 is 3.07 bits per heavy atom. The number of carbonyl (C=O) groups excluding carboxylic acids is 1. The number of hydrogen-bond acceptors (Lipinski definition) is 3. The summed E-state index contributed by atoms with van der Waals surface area (Å²) in [7, 11) is 1.96. The van der Waals surface area contributed by atoms with Crippen LogP contribution in [0.4, 0.5) is 0 Å². The van der Waals surface area contributed by atoms with Crippen LogP contribution in [0.2, 0.25) is 0 Å². The molecule has 0 saturated heterocycles. The molecule has 0 aliphatic carbocycles. The molecule has 3 nitrogen and oxygen atoms in total. The monoisotopic (exact) mass is 224 g/mol. The van der Waals surface area contributed by atoms with Crippen LogP contribution >= 0.6 is 11.8 Å².